The Morgan fingerprint density at radius 2 is 2.21 bits per heavy atom. The standard InChI is InChI=1S/C15H23NO2S/c1-12-6-4-7-13(10-12)11-19-9-5-8-15(2,16-3)14(17)18/h4,6-7,10,16H,5,8-9,11H2,1-3H3,(H,17,18). The molecule has 0 bridgehead atoms. The van der Waals surface area contributed by atoms with E-state index in [1.807, 2.05) is 11.8 Å². The maximum atomic E-state index is 11.1. The van der Waals surface area contributed by atoms with Crippen LogP contribution < -0.4 is 5.32 Å². The summed E-state index contributed by atoms with van der Waals surface area (Å²) in [6, 6.07) is 8.50. The van der Waals surface area contributed by atoms with E-state index in [1.165, 1.54) is 11.1 Å². The zero-order chi connectivity index (χ0) is 14.3. The molecule has 1 aromatic rings. The quantitative estimate of drug-likeness (QED) is 0.719. The second-order valence-corrected chi connectivity index (χ2v) is 6.14. The molecule has 0 saturated carbocycles. The molecule has 3 nitrogen and oxygen atoms in total. The molecule has 106 valence electrons. The smallest absolute Gasteiger partial charge is 0.323 e. The van der Waals surface area contributed by atoms with Crippen molar-refractivity contribution in [3.05, 3.63) is 35.4 Å². The predicted molar refractivity (Wildman–Crippen MR) is 81.7 cm³/mol. The van der Waals surface area contributed by atoms with Gasteiger partial charge in [0.05, 0.1) is 0 Å². The molecule has 0 aliphatic carbocycles. The van der Waals surface area contributed by atoms with Gasteiger partial charge in [-0.05, 0) is 45.1 Å². The predicted octanol–water partition coefficient (Wildman–Crippen LogP) is 3.07. The number of hydrogen-bond acceptors (Lipinski definition) is 3. The number of carboxylic acid groups (broad SMARTS) is 1. The topological polar surface area (TPSA) is 49.3 Å². The zero-order valence-corrected chi connectivity index (χ0v) is 12.7. The van der Waals surface area contributed by atoms with Gasteiger partial charge in [-0.15, -0.1) is 0 Å². The van der Waals surface area contributed by atoms with E-state index in [-0.39, 0.29) is 0 Å². The van der Waals surface area contributed by atoms with Crippen molar-refractivity contribution in [1.82, 2.24) is 5.32 Å². The number of aryl methyl sites for hydroxylation is 1. The lowest BCUT2D eigenvalue weighted by molar-refractivity contribution is -0.144. The second kappa shape index (κ2) is 7.56. The molecule has 1 atom stereocenters. The molecule has 1 aromatic carbocycles. The van der Waals surface area contributed by atoms with Crippen molar-refractivity contribution in [2.24, 2.45) is 0 Å². The molecule has 0 aliphatic heterocycles. The molecule has 2 N–H and O–H groups in total. The van der Waals surface area contributed by atoms with Crippen molar-refractivity contribution in [1.29, 1.82) is 0 Å². The first kappa shape index (κ1) is 16.1. The van der Waals surface area contributed by atoms with E-state index in [0.29, 0.717) is 6.42 Å². The molecule has 19 heavy (non-hydrogen) atoms. The Morgan fingerprint density at radius 3 is 2.79 bits per heavy atom. The highest BCUT2D eigenvalue weighted by Gasteiger charge is 2.29. The molecule has 0 radical (unpaired) electrons. The first-order valence-electron chi connectivity index (χ1n) is 6.53. The van der Waals surface area contributed by atoms with Gasteiger partial charge in [0.25, 0.3) is 0 Å². The van der Waals surface area contributed by atoms with Gasteiger partial charge in [0.2, 0.25) is 0 Å². The van der Waals surface area contributed by atoms with Crippen LogP contribution in [-0.2, 0) is 10.5 Å². The third kappa shape index (κ3) is 5.25. The van der Waals surface area contributed by atoms with Gasteiger partial charge in [-0.25, -0.2) is 0 Å². The van der Waals surface area contributed by atoms with E-state index in [0.717, 1.165) is 17.9 Å². The molecule has 0 fully saturated rings. The number of benzene rings is 1. The summed E-state index contributed by atoms with van der Waals surface area (Å²) in [5, 5.41) is 12.0. The molecule has 1 rings (SSSR count). The summed E-state index contributed by atoms with van der Waals surface area (Å²) in [6.07, 6.45) is 1.56. The number of thioether (sulfide) groups is 1. The van der Waals surface area contributed by atoms with E-state index in [9.17, 15) is 4.79 Å². The molecular weight excluding hydrogens is 258 g/mol. The Bertz CT molecular complexity index is 422. The largest absolute Gasteiger partial charge is 0.480 e. The van der Waals surface area contributed by atoms with Crippen molar-refractivity contribution >= 4 is 17.7 Å². The van der Waals surface area contributed by atoms with E-state index in [4.69, 9.17) is 5.11 Å². The van der Waals surface area contributed by atoms with Gasteiger partial charge >= 0.3 is 5.97 Å². The van der Waals surface area contributed by atoms with Crippen molar-refractivity contribution in [2.75, 3.05) is 12.8 Å². The van der Waals surface area contributed by atoms with Crippen LogP contribution in [0.25, 0.3) is 0 Å². The molecule has 0 amide bonds. The highest BCUT2D eigenvalue weighted by atomic mass is 32.2. The van der Waals surface area contributed by atoms with Gasteiger partial charge in [0, 0.05) is 5.75 Å². The summed E-state index contributed by atoms with van der Waals surface area (Å²) in [6.45, 7) is 3.83. The van der Waals surface area contributed by atoms with Crippen LogP contribution in [-0.4, -0.2) is 29.4 Å². The van der Waals surface area contributed by atoms with Crippen LogP contribution in [0.2, 0.25) is 0 Å². The average Bonchev–Trinajstić information content (AvgIpc) is 2.38. The van der Waals surface area contributed by atoms with E-state index >= 15 is 0 Å². The number of likely N-dealkylation sites (N-methyl/N-ethyl adjacent to an activating group) is 1. The minimum atomic E-state index is -0.802. The van der Waals surface area contributed by atoms with Crippen LogP contribution in [0.4, 0.5) is 0 Å². The molecular formula is C15H23NO2S. The molecule has 0 spiro atoms. The Kier molecular flexibility index (Phi) is 6.38. The minimum absolute atomic E-state index is 0.652. The highest BCUT2D eigenvalue weighted by molar-refractivity contribution is 7.98. The Morgan fingerprint density at radius 1 is 1.47 bits per heavy atom. The summed E-state index contributed by atoms with van der Waals surface area (Å²) in [7, 11) is 1.70. The van der Waals surface area contributed by atoms with Crippen LogP contribution >= 0.6 is 11.8 Å². The first-order valence-corrected chi connectivity index (χ1v) is 7.69. The average molecular weight is 281 g/mol. The summed E-state index contributed by atoms with van der Waals surface area (Å²) >= 11 is 1.86. The fourth-order valence-electron chi connectivity index (χ4n) is 1.86. The lowest BCUT2D eigenvalue weighted by Gasteiger charge is -2.23. The Balaban J connectivity index is 2.26. The lowest BCUT2D eigenvalue weighted by atomic mass is 9.97. The van der Waals surface area contributed by atoms with Gasteiger partial charge in [0.15, 0.2) is 0 Å². The van der Waals surface area contributed by atoms with Crippen molar-refractivity contribution in [2.45, 2.75) is 38.0 Å². The summed E-state index contributed by atoms with van der Waals surface area (Å²) < 4.78 is 0. The Labute approximate surface area is 119 Å². The summed E-state index contributed by atoms with van der Waals surface area (Å²) in [5.41, 5.74) is 1.82. The van der Waals surface area contributed by atoms with Crippen molar-refractivity contribution in [3.63, 3.8) is 0 Å². The van der Waals surface area contributed by atoms with Crippen LogP contribution in [0.5, 0.6) is 0 Å². The normalized spacial score (nSPS) is 14.1. The van der Waals surface area contributed by atoms with Gasteiger partial charge < -0.3 is 10.4 Å². The number of carboxylic acids is 1. The third-order valence-electron chi connectivity index (χ3n) is 3.34. The van der Waals surface area contributed by atoms with Crippen molar-refractivity contribution < 1.29 is 9.90 Å². The maximum absolute atomic E-state index is 11.1. The van der Waals surface area contributed by atoms with E-state index in [2.05, 4.69) is 36.5 Å². The molecule has 4 heteroatoms. The second-order valence-electron chi connectivity index (χ2n) is 5.03. The summed E-state index contributed by atoms with van der Waals surface area (Å²) in [5.74, 6) is 1.20. The Hall–Kier alpha value is -1.00. The molecule has 0 saturated heterocycles. The van der Waals surface area contributed by atoms with E-state index < -0.39 is 11.5 Å². The fraction of sp³-hybridized carbons (Fsp3) is 0.533. The van der Waals surface area contributed by atoms with Gasteiger partial charge in [-0.1, -0.05) is 29.8 Å². The summed E-state index contributed by atoms with van der Waals surface area (Å²) in [4.78, 5) is 11.1. The molecule has 0 aromatic heterocycles. The number of carbonyl (C=O) groups is 1. The van der Waals surface area contributed by atoms with Crippen LogP contribution in [0.3, 0.4) is 0 Å². The lowest BCUT2D eigenvalue weighted by Crippen LogP contribution is -2.47. The van der Waals surface area contributed by atoms with Gasteiger partial charge in [-0.2, -0.15) is 11.8 Å². The highest BCUT2D eigenvalue weighted by Crippen LogP contribution is 2.18. The van der Waals surface area contributed by atoms with Crippen LogP contribution in [0, 0.1) is 6.92 Å². The van der Waals surface area contributed by atoms with Gasteiger partial charge in [0.1, 0.15) is 5.54 Å². The maximum Gasteiger partial charge on any atom is 0.323 e. The fourth-order valence-corrected chi connectivity index (χ4v) is 2.77. The molecule has 0 heterocycles. The van der Waals surface area contributed by atoms with Gasteiger partial charge in [-0.3, -0.25) is 4.79 Å². The van der Waals surface area contributed by atoms with E-state index in [1.54, 1.807) is 14.0 Å². The molecule has 0 aliphatic rings. The van der Waals surface area contributed by atoms with Crippen LogP contribution in [0.15, 0.2) is 24.3 Å². The monoisotopic (exact) mass is 281 g/mol. The zero-order valence-electron chi connectivity index (χ0n) is 11.9. The number of nitrogens with one attached hydrogen (secondary N) is 1. The number of rotatable bonds is 8. The minimum Gasteiger partial charge on any atom is -0.480 e. The number of hydrogen-bond donors (Lipinski definition) is 2. The number of aliphatic carboxylic acids is 1. The molecule has 1 unspecified atom stereocenters. The van der Waals surface area contributed by atoms with Crippen molar-refractivity contribution in [3.8, 4) is 0 Å². The SMILES string of the molecule is CNC(C)(CCCSCc1cccc(C)c1)C(=O)O. The third-order valence-corrected chi connectivity index (χ3v) is 4.46. The first-order chi connectivity index (χ1) is 8.98. The van der Waals surface area contributed by atoms with Crippen LogP contribution in [0.1, 0.15) is 30.9 Å².